The molecule has 0 aliphatic carbocycles. The van der Waals surface area contributed by atoms with E-state index in [4.69, 9.17) is 0 Å². The van der Waals surface area contributed by atoms with Crippen molar-refractivity contribution in [2.45, 2.75) is 34.1 Å². The zero-order valence-electron chi connectivity index (χ0n) is 12.1. The minimum absolute atomic E-state index is 0.871. The lowest BCUT2D eigenvalue weighted by Gasteiger charge is -2.13. The van der Waals surface area contributed by atoms with Gasteiger partial charge in [-0.25, -0.2) is 9.97 Å². The molecule has 1 heterocycles. The van der Waals surface area contributed by atoms with Crippen molar-refractivity contribution in [3.8, 4) is 11.3 Å². The van der Waals surface area contributed by atoms with E-state index in [1.165, 1.54) is 22.3 Å². The number of hydrogen-bond acceptors (Lipinski definition) is 3. The molecule has 1 aromatic heterocycles. The molecule has 3 nitrogen and oxygen atoms in total. The van der Waals surface area contributed by atoms with E-state index in [1.54, 1.807) is 6.33 Å². The Morgan fingerprint density at radius 2 is 1.68 bits per heavy atom. The highest BCUT2D eigenvalue weighted by molar-refractivity contribution is 5.69. The van der Waals surface area contributed by atoms with Crippen LogP contribution in [0.4, 0.5) is 5.82 Å². The van der Waals surface area contributed by atoms with Gasteiger partial charge in [0, 0.05) is 17.7 Å². The summed E-state index contributed by atoms with van der Waals surface area (Å²) in [6.45, 7) is 9.34. The van der Waals surface area contributed by atoms with Crippen molar-refractivity contribution in [1.82, 2.24) is 9.97 Å². The molecule has 0 spiro atoms. The van der Waals surface area contributed by atoms with E-state index in [0.29, 0.717) is 0 Å². The summed E-state index contributed by atoms with van der Waals surface area (Å²) in [6, 6.07) is 6.55. The molecule has 0 bridgehead atoms. The lowest BCUT2D eigenvalue weighted by molar-refractivity contribution is 1.03. The van der Waals surface area contributed by atoms with Gasteiger partial charge in [-0.05, 0) is 39.3 Å². The Morgan fingerprint density at radius 1 is 1.00 bits per heavy atom. The van der Waals surface area contributed by atoms with Crippen LogP contribution < -0.4 is 5.32 Å². The fraction of sp³-hybridized carbons (Fsp3) is 0.375. The normalized spacial score (nSPS) is 10.5. The number of aromatic nitrogens is 2. The van der Waals surface area contributed by atoms with Crippen LogP contribution in [0.3, 0.4) is 0 Å². The fourth-order valence-electron chi connectivity index (χ4n) is 2.43. The van der Waals surface area contributed by atoms with Crippen molar-refractivity contribution < 1.29 is 0 Å². The van der Waals surface area contributed by atoms with Crippen molar-refractivity contribution >= 4 is 5.82 Å². The third kappa shape index (κ3) is 2.92. The Kier molecular flexibility index (Phi) is 4.15. The maximum Gasteiger partial charge on any atom is 0.133 e. The Bertz CT molecular complexity index is 556. The number of anilines is 1. The second kappa shape index (κ2) is 5.83. The summed E-state index contributed by atoms with van der Waals surface area (Å²) < 4.78 is 0. The van der Waals surface area contributed by atoms with Gasteiger partial charge in [-0.1, -0.05) is 24.1 Å². The van der Waals surface area contributed by atoms with Gasteiger partial charge in [0.2, 0.25) is 0 Å². The molecule has 0 radical (unpaired) electrons. The predicted octanol–water partition coefficient (Wildman–Crippen LogP) is 3.75. The molecule has 100 valence electrons. The third-order valence-corrected chi connectivity index (χ3v) is 3.14. The first-order valence-corrected chi connectivity index (χ1v) is 6.82. The van der Waals surface area contributed by atoms with E-state index in [9.17, 15) is 0 Å². The molecule has 0 aliphatic heterocycles. The van der Waals surface area contributed by atoms with Gasteiger partial charge in [-0.15, -0.1) is 0 Å². The number of nitrogens with zero attached hydrogens (tertiary/aromatic N) is 2. The first-order chi connectivity index (χ1) is 9.15. The molecule has 0 aliphatic rings. The molecule has 0 saturated heterocycles. The largest absolute Gasteiger partial charge is 0.370 e. The van der Waals surface area contributed by atoms with Crippen LogP contribution in [0.5, 0.6) is 0 Å². The van der Waals surface area contributed by atoms with Crippen LogP contribution in [0, 0.1) is 13.8 Å². The van der Waals surface area contributed by atoms with Crippen LogP contribution in [0.15, 0.2) is 24.5 Å². The van der Waals surface area contributed by atoms with Gasteiger partial charge in [0.15, 0.2) is 0 Å². The Hall–Kier alpha value is -1.90. The van der Waals surface area contributed by atoms with Gasteiger partial charge in [-0.3, -0.25) is 0 Å². The molecule has 2 rings (SSSR count). The Morgan fingerprint density at radius 3 is 2.26 bits per heavy atom. The lowest BCUT2D eigenvalue weighted by Crippen LogP contribution is -2.05. The number of benzene rings is 1. The van der Waals surface area contributed by atoms with Crippen molar-refractivity contribution in [1.29, 1.82) is 0 Å². The maximum absolute atomic E-state index is 4.49. The van der Waals surface area contributed by atoms with Crippen LogP contribution in [-0.2, 0) is 6.42 Å². The highest BCUT2D eigenvalue weighted by Crippen LogP contribution is 2.27. The monoisotopic (exact) mass is 255 g/mol. The SMILES string of the molecule is CCNc1ncnc(-c2cc(C)cc(C)c2)c1CC. The van der Waals surface area contributed by atoms with Crippen LogP contribution >= 0.6 is 0 Å². The molecular formula is C16H21N3. The first kappa shape index (κ1) is 13.5. The van der Waals surface area contributed by atoms with E-state index in [-0.39, 0.29) is 0 Å². The van der Waals surface area contributed by atoms with E-state index in [1.807, 2.05) is 0 Å². The number of aryl methyl sites for hydroxylation is 2. The van der Waals surface area contributed by atoms with Crippen molar-refractivity contribution in [3.05, 3.63) is 41.2 Å². The van der Waals surface area contributed by atoms with Gasteiger partial charge in [-0.2, -0.15) is 0 Å². The Labute approximate surface area is 115 Å². The summed E-state index contributed by atoms with van der Waals surface area (Å²) >= 11 is 0. The van der Waals surface area contributed by atoms with Crippen LogP contribution in [-0.4, -0.2) is 16.5 Å². The molecule has 0 amide bonds. The minimum Gasteiger partial charge on any atom is -0.370 e. The zero-order valence-corrected chi connectivity index (χ0v) is 12.1. The van der Waals surface area contributed by atoms with Crippen molar-refractivity contribution in [2.75, 3.05) is 11.9 Å². The summed E-state index contributed by atoms with van der Waals surface area (Å²) in [7, 11) is 0. The highest BCUT2D eigenvalue weighted by Gasteiger charge is 2.11. The number of hydrogen-bond donors (Lipinski definition) is 1. The summed E-state index contributed by atoms with van der Waals surface area (Å²) in [5.41, 5.74) is 5.94. The van der Waals surface area contributed by atoms with Crippen molar-refractivity contribution in [3.63, 3.8) is 0 Å². The standard InChI is InChI=1S/C16H21N3/c1-5-14-15(18-10-19-16(14)17-6-2)13-8-11(3)7-12(4)9-13/h7-10H,5-6H2,1-4H3,(H,17,18,19). The summed E-state index contributed by atoms with van der Waals surface area (Å²) in [5, 5.41) is 3.32. The summed E-state index contributed by atoms with van der Waals surface area (Å²) in [6.07, 6.45) is 2.57. The van der Waals surface area contributed by atoms with E-state index in [2.05, 4.69) is 61.2 Å². The molecule has 3 heteroatoms. The highest BCUT2D eigenvalue weighted by atomic mass is 15.0. The zero-order chi connectivity index (χ0) is 13.8. The van der Waals surface area contributed by atoms with Gasteiger partial charge in [0.05, 0.1) is 5.69 Å². The lowest BCUT2D eigenvalue weighted by atomic mass is 10.0. The molecule has 0 unspecified atom stereocenters. The minimum atomic E-state index is 0.871. The predicted molar refractivity (Wildman–Crippen MR) is 80.5 cm³/mol. The average Bonchev–Trinajstić information content (AvgIpc) is 2.37. The number of nitrogens with one attached hydrogen (secondary N) is 1. The van der Waals surface area contributed by atoms with Crippen LogP contribution in [0.1, 0.15) is 30.5 Å². The van der Waals surface area contributed by atoms with Gasteiger partial charge < -0.3 is 5.32 Å². The third-order valence-electron chi connectivity index (χ3n) is 3.14. The molecule has 1 N–H and O–H groups in total. The topological polar surface area (TPSA) is 37.8 Å². The van der Waals surface area contributed by atoms with Crippen LogP contribution in [0.25, 0.3) is 11.3 Å². The molecular weight excluding hydrogens is 234 g/mol. The second-order valence-electron chi connectivity index (χ2n) is 4.81. The van der Waals surface area contributed by atoms with Crippen LogP contribution in [0.2, 0.25) is 0 Å². The second-order valence-corrected chi connectivity index (χ2v) is 4.81. The summed E-state index contributed by atoms with van der Waals surface area (Å²) in [5.74, 6) is 0.953. The molecule has 0 saturated carbocycles. The first-order valence-electron chi connectivity index (χ1n) is 6.82. The van der Waals surface area contributed by atoms with E-state index < -0.39 is 0 Å². The Balaban J connectivity index is 2.57. The smallest absolute Gasteiger partial charge is 0.133 e. The average molecular weight is 255 g/mol. The van der Waals surface area contributed by atoms with E-state index >= 15 is 0 Å². The molecule has 0 atom stereocenters. The molecule has 2 aromatic rings. The summed E-state index contributed by atoms with van der Waals surface area (Å²) in [4.78, 5) is 8.84. The maximum atomic E-state index is 4.49. The van der Waals surface area contributed by atoms with E-state index in [0.717, 1.165) is 24.5 Å². The van der Waals surface area contributed by atoms with Gasteiger partial charge in [0.1, 0.15) is 12.1 Å². The quantitative estimate of drug-likeness (QED) is 0.904. The molecule has 1 aromatic carbocycles. The fourth-order valence-corrected chi connectivity index (χ4v) is 2.43. The molecule has 0 fully saturated rings. The van der Waals surface area contributed by atoms with Crippen molar-refractivity contribution in [2.24, 2.45) is 0 Å². The number of rotatable bonds is 4. The van der Waals surface area contributed by atoms with Gasteiger partial charge >= 0.3 is 0 Å². The molecule has 19 heavy (non-hydrogen) atoms. The van der Waals surface area contributed by atoms with Gasteiger partial charge in [0.25, 0.3) is 0 Å².